The number of benzene rings is 1. The average molecular weight is 537 g/mol. The van der Waals surface area contributed by atoms with E-state index in [-0.39, 0.29) is 60.2 Å². The number of fused-ring (bicyclic) bond motifs is 1. The van der Waals surface area contributed by atoms with Crippen molar-refractivity contribution >= 4 is 17.8 Å². The molecule has 0 saturated carbocycles. The van der Waals surface area contributed by atoms with Crippen LogP contribution in [0.2, 0.25) is 0 Å². The summed E-state index contributed by atoms with van der Waals surface area (Å²) in [6, 6.07) is 1.78. The molecule has 0 spiro atoms. The maximum atomic E-state index is 14.0. The van der Waals surface area contributed by atoms with Gasteiger partial charge in [0.25, 0.3) is 0 Å². The van der Waals surface area contributed by atoms with Gasteiger partial charge in [-0.2, -0.15) is 0 Å². The first kappa shape index (κ1) is 29.6. The highest BCUT2D eigenvalue weighted by atomic mass is 19.2. The lowest BCUT2D eigenvalue weighted by Crippen LogP contribution is -2.58. The second kappa shape index (κ2) is 11.9. The van der Waals surface area contributed by atoms with E-state index in [1.54, 1.807) is 9.80 Å². The molecular weight excluding hydrogens is 494 g/mol. The summed E-state index contributed by atoms with van der Waals surface area (Å²) in [7, 11) is 0. The third kappa shape index (κ3) is 6.56. The van der Waals surface area contributed by atoms with E-state index in [4.69, 9.17) is 4.74 Å². The van der Waals surface area contributed by atoms with Gasteiger partial charge in [0.05, 0.1) is 18.7 Å². The molecular formula is C28H42F2N4O4. The lowest BCUT2D eigenvalue weighted by atomic mass is 9.84. The average Bonchev–Trinajstić information content (AvgIpc) is 3.42. The van der Waals surface area contributed by atoms with Crippen LogP contribution in [0.25, 0.3) is 0 Å². The number of carbonyl (C=O) groups excluding carboxylic acids is 3. The minimum absolute atomic E-state index is 0.0568. The Morgan fingerprint density at radius 1 is 1.08 bits per heavy atom. The lowest BCUT2D eigenvalue weighted by molar-refractivity contribution is -0.141. The maximum absolute atomic E-state index is 14.0. The van der Waals surface area contributed by atoms with Gasteiger partial charge in [-0.25, -0.2) is 13.6 Å². The predicted octanol–water partition coefficient (Wildman–Crippen LogP) is 3.94. The number of amides is 4. The van der Waals surface area contributed by atoms with Gasteiger partial charge in [-0.05, 0) is 44.2 Å². The molecule has 0 aromatic heterocycles. The molecule has 3 rings (SSSR count). The van der Waals surface area contributed by atoms with Crippen LogP contribution < -0.4 is 15.4 Å². The molecule has 5 atom stereocenters. The summed E-state index contributed by atoms with van der Waals surface area (Å²) in [6.45, 7) is 14.2. The topological polar surface area (TPSA) is 91.0 Å². The molecule has 2 N–H and O–H groups in total. The summed E-state index contributed by atoms with van der Waals surface area (Å²) in [4.78, 5) is 43.3. The number of hydrogen-bond acceptors (Lipinski definition) is 4. The second-order valence-electron chi connectivity index (χ2n) is 11.9. The predicted molar refractivity (Wildman–Crippen MR) is 140 cm³/mol. The summed E-state index contributed by atoms with van der Waals surface area (Å²) in [5, 5.41) is 5.91. The Morgan fingerprint density at radius 2 is 1.76 bits per heavy atom. The second-order valence-corrected chi connectivity index (χ2v) is 11.9. The van der Waals surface area contributed by atoms with Crippen molar-refractivity contribution in [2.75, 3.05) is 19.7 Å². The van der Waals surface area contributed by atoms with Gasteiger partial charge < -0.3 is 25.2 Å². The van der Waals surface area contributed by atoms with Crippen molar-refractivity contribution in [2.45, 2.75) is 85.5 Å². The third-order valence-electron chi connectivity index (χ3n) is 7.51. The maximum Gasteiger partial charge on any atom is 0.317 e. The van der Waals surface area contributed by atoms with Crippen molar-refractivity contribution in [1.29, 1.82) is 0 Å². The normalized spacial score (nSPS) is 22.7. The van der Waals surface area contributed by atoms with Crippen molar-refractivity contribution in [3.8, 4) is 5.75 Å². The summed E-state index contributed by atoms with van der Waals surface area (Å²) in [5.41, 5.74) is -0.538. The van der Waals surface area contributed by atoms with Crippen LogP contribution in [0.4, 0.5) is 13.6 Å². The molecule has 2 aliphatic rings. The Labute approximate surface area is 224 Å². The van der Waals surface area contributed by atoms with E-state index in [0.717, 1.165) is 12.1 Å². The number of nitrogens with one attached hydrogen (secondary N) is 2. The van der Waals surface area contributed by atoms with E-state index < -0.39 is 23.1 Å². The molecule has 1 aromatic rings. The fourth-order valence-corrected chi connectivity index (χ4v) is 5.23. The van der Waals surface area contributed by atoms with E-state index in [9.17, 15) is 23.2 Å². The molecule has 8 nitrogen and oxygen atoms in total. The molecule has 0 radical (unpaired) electrons. The van der Waals surface area contributed by atoms with Gasteiger partial charge in [-0.3, -0.25) is 9.59 Å². The highest BCUT2D eigenvalue weighted by Gasteiger charge is 2.53. The number of nitrogens with zero attached hydrogens (tertiary/aromatic N) is 2. The van der Waals surface area contributed by atoms with Gasteiger partial charge in [-0.1, -0.05) is 34.6 Å². The van der Waals surface area contributed by atoms with Crippen LogP contribution in [0.5, 0.6) is 5.75 Å². The molecule has 2 heterocycles. The molecule has 10 heteroatoms. The number of likely N-dealkylation sites (tertiary alicyclic amines) is 2. The van der Waals surface area contributed by atoms with Gasteiger partial charge in [0.2, 0.25) is 11.8 Å². The van der Waals surface area contributed by atoms with Crippen LogP contribution in [-0.2, 0) is 9.59 Å². The zero-order valence-electron chi connectivity index (χ0n) is 23.5. The van der Waals surface area contributed by atoms with Crippen molar-refractivity contribution in [2.24, 2.45) is 17.3 Å². The van der Waals surface area contributed by atoms with Crippen molar-refractivity contribution in [3.05, 3.63) is 29.8 Å². The molecule has 1 aromatic carbocycles. The fourth-order valence-electron chi connectivity index (χ4n) is 5.23. The van der Waals surface area contributed by atoms with Crippen LogP contribution in [0.1, 0.15) is 61.3 Å². The highest BCUT2D eigenvalue weighted by Crippen LogP contribution is 2.38. The first-order valence-electron chi connectivity index (χ1n) is 13.5. The summed E-state index contributed by atoms with van der Waals surface area (Å²) in [6.07, 6.45) is 1.26. The highest BCUT2D eigenvalue weighted by molar-refractivity contribution is 5.89. The molecule has 2 saturated heterocycles. The van der Waals surface area contributed by atoms with Gasteiger partial charge >= 0.3 is 6.03 Å². The minimum Gasteiger partial charge on any atom is -0.493 e. The van der Waals surface area contributed by atoms with Gasteiger partial charge in [0.1, 0.15) is 11.8 Å². The Morgan fingerprint density at radius 3 is 2.34 bits per heavy atom. The number of carbonyl (C=O) groups is 3. The van der Waals surface area contributed by atoms with Gasteiger partial charge in [0.15, 0.2) is 11.6 Å². The largest absolute Gasteiger partial charge is 0.493 e. The minimum atomic E-state index is -1.01. The standard InChI is InChI=1S/C28H42F2N4O4/c1-8-17(4)25(35)32-24(28(5,6)7)26(36)33-12-11-22-23(33)18(14-34(22)27(37)31-16(2)3)15-38-19-9-10-20(29)21(30)13-19/h9-10,13,16-18,22-24H,8,11-12,14-15H2,1-7H3,(H,31,37)(H,32,35)/t17-,18-,22-,23-,24-/m1/s1. The SMILES string of the molecule is CC[C@@H](C)C(=O)N[C@H](C(=O)N1CC[C@@H]2[C@H]1[C@@H](COc1ccc(F)c(F)c1)CN2C(=O)NC(C)C)C(C)(C)C. The lowest BCUT2D eigenvalue weighted by Gasteiger charge is -2.37. The fraction of sp³-hybridized carbons (Fsp3) is 0.679. The number of rotatable bonds is 8. The quantitative estimate of drug-likeness (QED) is 0.527. The number of halogens is 2. The van der Waals surface area contributed by atoms with Crippen LogP contribution in [0, 0.1) is 28.9 Å². The summed E-state index contributed by atoms with van der Waals surface area (Å²) in [5.74, 6) is -2.64. The number of urea groups is 1. The monoisotopic (exact) mass is 536 g/mol. The smallest absolute Gasteiger partial charge is 0.317 e. The van der Waals surface area contributed by atoms with E-state index in [1.165, 1.54) is 6.07 Å². The molecule has 2 aliphatic heterocycles. The number of hydrogen-bond donors (Lipinski definition) is 2. The number of ether oxygens (including phenoxy) is 1. The van der Waals surface area contributed by atoms with E-state index in [0.29, 0.717) is 25.9 Å². The molecule has 2 fully saturated rings. The third-order valence-corrected chi connectivity index (χ3v) is 7.51. The Kier molecular flexibility index (Phi) is 9.26. The van der Waals surface area contributed by atoms with E-state index in [2.05, 4.69) is 10.6 Å². The Balaban J connectivity index is 1.87. The summed E-state index contributed by atoms with van der Waals surface area (Å²) < 4.78 is 33.0. The van der Waals surface area contributed by atoms with E-state index >= 15 is 0 Å². The van der Waals surface area contributed by atoms with E-state index in [1.807, 2.05) is 48.5 Å². The van der Waals surface area contributed by atoms with Crippen molar-refractivity contribution < 1.29 is 27.9 Å². The van der Waals surface area contributed by atoms with Gasteiger partial charge in [-0.15, -0.1) is 0 Å². The van der Waals surface area contributed by atoms with Crippen LogP contribution in [-0.4, -0.2) is 71.5 Å². The Hall–Kier alpha value is -2.91. The first-order chi connectivity index (χ1) is 17.7. The van der Waals surface area contributed by atoms with Crippen molar-refractivity contribution in [3.63, 3.8) is 0 Å². The van der Waals surface area contributed by atoms with Crippen LogP contribution >= 0.6 is 0 Å². The van der Waals surface area contributed by atoms with Crippen molar-refractivity contribution in [1.82, 2.24) is 20.4 Å². The zero-order valence-corrected chi connectivity index (χ0v) is 23.5. The van der Waals surface area contributed by atoms with Crippen LogP contribution in [0.3, 0.4) is 0 Å². The summed E-state index contributed by atoms with van der Waals surface area (Å²) >= 11 is 0. The van der Waals surface area contributed by atoms with Crippen LogP contribution in [0.15, 0.2) is 18.2 Å². The van der Waals surface area contributed by atoms with Gasteiger partial charge in [0, 0.05) is 37.0 Å². The molecule has 0 bridgehead atoms. The molecule has 38 heavy (non-hydrogen) atoms. The zero-order chi connectivity index (χ0) is 28.4. The molecule has 0 unspecified atom stereocenters. The molecule has 0 aliphatic carbocycles. The molecule has 212 valence electrons. The Bertz CT molecular complexity index is 1030. The first-order valence-corrected chi connectivity index (χ1v) is 13.5. The molecule has 4 amide bonds.